The molecule has 5 heteroatoms. The number of hydrogen-bond acceptors (Lipinski definition) is 3. The molecule has 0 bridgehead atoms. The summed E-state index contributed by atoms with van der Waals surface area (Å²) in [6.07, 6.45) is 0. The number of benzene rings is 2. The Labute approximate surface area is 121 Å². The number of anilines is 1. The van der Waals surface area contributed by atoms with Gasteiger partial charge in [0.2, 0.25) is 0 Å². The van der Waals surface area contributed by atoms with E-state index in [0.29, 0.717) is 11.1 Å². The molecular formula is C16H15NO4. The second kappa shape index (κ2) is 5.28. The van der Waals surface area contributed by atoms with E-state index in [1.165, 1.54) is 6.07 Å². The molecule has 0 aliphatic heterocycles. The maximum atomic E-state index is 11.6. The molecule has 0 fully saturated rings. The fraction of sp³-hybridized carbons (Fsp3) is 0.125. The van der Waals surface area contributed by atoms with Gasteiger partial charge in [-0.05, 0) is 31.0 Å². The lowest BCUT2D eigenvalue weighted by Gasteiger charge is -2.15. The molecule has 0 aromatic heterocycles. The number of aryl methyl sites for hydroxylation is 1. The summed E-state index contributed by atoms with van der Waals surface area (Å²) in [5.74, 6) is -2.40. The smallest absolute Gasteiger partial charge is 0.336 e. The van der Waals surface area contributed by atoms with Gasteiger partial charge in [0.05, 0.1) is 11.1 Å². The first-order chi connectivity index (χ1) is 9.82. The van der Waals surface area contributed by atoms with Crippen LogP contribution in [0.5, 0.6) is 0 Å². The highest BCUT2D eigenvalue weighted by molar-refractivity contribution is 6.07. The third kappa shape index (κ3) is 2.58. The molecule has 4 N–H and O–H groups in total. The van der Waals surface area contributed by atoms with Crippen LogP contribution in [-0.4, -0.2) is 22.2 Å². The molecule has 2 aromatic carbocycles. The van der Waals surface area contributed by atoms with Crippen LogP contribution < -0.4 is 5.73 Å². The summed E-state index contributed by atoms with van der Waals surface area (Å²) in [6.45, 7) is 3.47. The number of hydrogen-bond donors (Lipinski definition) is 3. The number of carbonyl (C=O) groups is 2. The maximum absolute atomic E-state index is 11.6. The molecule has 0 saturated carbocycles. The van der Waals surface area contributed by atoms with E-state index in [1.807, 2.05) is 6.92 Å². The highest BCUT2D eigenvalue weighted by Gasteiger charge is 2.23. The maximum Gasteiger partial charge on any atom is 0.336 e. The molecule has 0 spiro atoms. The van der Waals surface area contributed by atoms with Gasteiger partial charge in [0.1, 0.15) is 0 Å². The molecule has 0 radical (unpaired) electrons. The first-order valence-corrected chi connectivity index (χ1v) is 6.29. The van der Waals surface area contributed by atoms with E-state index in [4.69, 9.17) is 5.73 Å². The standard InChI is InChI=1S/C16H15NO4/c1-8-3-5-10(6-4-8)14-11(15(18)19)7-12(17)9(2)13(14)16(20)21/h3-7H,17H2,1-2H3,(H,18,19)(H,20,21). The lowest BCUT2D eigenvalue weighted by Crippen LogP contribution is -2.11. The number of rotatable bonds is 3. The molecule has 0 aliphatic carbocycles. The lowest BCUT2D eigenvalue weighted by atomic mass is 9.89. The minimum atomic E-state index is -1.21. The molecule has 0 unspecified atom stereocenters. The number of carboxylic acid groups (broad SMARTS) is 2. The van der Waals surface area contributed by atoms with Crippen molar-refractivity contribution in [3.63, 3.8) is 0 Å². The third-order valence-electron chi connectivity index (χ3n) is 3.41. The van der Waals surface area contributed by atoms with E-state index >= 15 is 0 Å². The SMILES string of the molecule is Cc1ccc(-c2c(C(=O)O)cc(N)c(C)c2C(=O)O)cc1. The first kappa shape index (κ1) is 14.6. The van der Waals surface area contributed by atoms with Gasteiger partial charge in [-0.15, -0.1) is 0 Å². The van der Waals surface area contributed by atoms with Gasteiger partial charge in [0, 0.05) is 11.3 Å². The highest BCUT2D eigenvalue weighted by atomic mass is 16.4. The normalized spacial score (nSPS) is 10.4. The Morgan fingerprint density at radius 1 is 1.00 bits per heavy atom. The Balaban J connectivity index is 2.89. The minimum Gasteiger partial charge on any atom is -0.478 e. The van der Waals surface area contributed by atoms with E-state index in [2.05, 4.69) is 0 Å². The van der Waals surface area contributed by atoms with Crippen LogP contribution in [0.25, 0.3) is 11.1 Å². The molecule has 0 amide bonds. The van der Waals surface area contributed by atoms with Crippen LogP contribution in [0.3, 0.4) is 0 Å². The van der Waals surface area contributed by atoms with Crippen molar-refractivity contribution in [3.05, 3.63) is 52.6 Å². The largest absolute Gasteiger partial charge is 0.478 e. The average Bonchev–Trinajstić information content (AvgIpc) is 2.41. The van der Waals surface area contributed by atoms with Crippen LogP contribution in [0.15, 0.2) is 30.3 Å². The summed E-state index contributed by atoms with van der Waals surface area (Å²) < 4.78 is 0. The summed E-state index contributed by atoms with van der Waals surface area (Å²) >= 11 is 0. The lowest BCUT2D eigenvalue weighted by molar-refractivity contribution is 0.0695. The number of carboxylic acids is 2. The number of nitrogen functional groups attached to an aromatic ring is 1. The predicted molar refractivity (Wildman–Crippen MR) is 79.7 cm³/mol. The van der Waals surface area contributed by atoms with Crippen LogP contribution in [0, 0.1) is 13.8 Å². The van der Waals surface area contributed by atoms with Gasteiger partial charge in [-0.2, -0.15) is 0 Å². The van der Waals surface area contributed by atoms with E-state index in [-0.39, 0.29) is 22.4 Å². The Hall–Kier alpha value is -2.82. The van der Waals surface area contributed by atoms with Crippen LogP contribution in [0.4, 0.5) is 5.69 Å². The summed E-state index contributed by atoms with van der Waals surface area (Å²) in [6, 6.07) is 8.33. The van der Waals surface area contributed by atoms with E-state index in [0.717, 1.165) is 5.56 Å². The zero-order valence-corrected chi connectivity index (χ0v) is 11.7. The van der Waals surface area contributed by atoms with Crippen molar-refractivity contribution < 1.29 is 19.8 Å². The van der Waals surface area contributed by atoms with Crippen molar-refractivity contribution in [2.24, 2.45) is 0 Å². The zero-order chi connectivity index (χ0) is 15.7. The Kier molecular flexibility index (Phi) is 3.67. The molecule has 21 heavy (non-hydrogen) atoms. The average molecular weight is 285 g/mol. The fourth-order valence-corrected chi connectivity index (χ4v) is 2.26. The minimum absolute atomic E-state index is 0.0729. The van der Waals surface area contributed by atoms with Crippen molar-refractivity contribution >= 4 is 17.6 Å². The Bertz CT molecular complexity index is 733. The number of nitrogens with two attached hydrogens (primary N) is 1. The highest BCUT2D eigenvalue weighted by Crippen LogP contribution is 2.33. The molecule has 108 valence electrons. The molecule has 0 atom stereocenters. The van der Waals surface area contributed by atoms with Crippen LogP contribution in [-0.2, 0) is 0 Å². The van der Waals surface area contributed by atoms with Crippen molar-refractivity contribution in [3.8, 4) is 11.1 Å². The van der Waals surface area contributed by atoms with Crippen LogP contribution >= 0.6 is 0 Å². The van der Waals surface area contributed by atoms with Crippen LogP contribution in [0.1, 0.15) is 31.8 Å². The van der Waals surface area contributed by atoms with Crippen LogP contribution in [0.2, 0.25) is 0 Å². The van der Waals surface area contributed by atoms with E-state index < -0.39 is 11.9 Å². The van der Waals surface area contributed by atoms with E-state index in [1.54, 1.807) is 31.2 Å². The van der Waals surface area contributed by atoms with Gasteiger partial charge in [-0.3, -0.25) is 0 Å². The van der Waals surface area contributed by atoms with Gasteiger partial charge in [-0.25, -0.2) is 9.59 Å². The first-order valence-electron chi connectivity index (χ1n) is 6.29. The second-order valence-corrected chi connectivity index (χ2v) is 4.86. The van der Waals surface area contributed by atoms with Gasteiger partial charge in [0.15, 0.2) is 0 Å². The van der Waals surface area contributed by atoms with Gasteiger partial charge >= 0.3 is 11.9 Å². The van der Waals surface area contributed by atoms with Crippen molar-refractivity contribution in [1.82, 2.24) is 0 Å². The van der Waals surface area contributed by atoms with Crippen molar-refractivity contribution in [2.75, 3.05) is 5.73 Å². The van der Waals surface area contributed by atoms with E-state index in [9.17, 15) is 19.8 Å². The second-order valence-electron chi connectivity index (χ2n) is 4.86. The Morgan fingerprint density at radius 2 is 1.57 bits per heavy atom. The van der Waals surface area contributed by atoms with Gasteiger partial charge in [-0.1, -0.05) is 29.8 Å². The molecule has 0 saturated heterocycles. The molecule has 0 aliphatic rings. The van der Waals surface area contributed by atoms with Crippen molar-refractivity contribution in [1.29, 1.82) is 0 Å². The summed E-state index contributed by atoms with van der Waals surface area (Å²) in [4.78, 5) is 23.0. The third-order valence-corrected chi connectivity index (χ3v) is 3.41. The predicted octanol–water partition coefficient (Wildman–Crippen LogP) is 2.95. The topological polar surface area (TPSA) is 101 Å². The van der Waals surface area contributed by atoms with Crippen molar-refractivity contribution in [2.45, 2.75) is 13.8 Å². The fourth-order valence-electron chi connectivity index (χ4n) is 2.26. The summed E-state index contributed by atoms with van der Waals surface area (Å²) in [7, 11) is 0. The molecule has 5 nitrogen and oxygen atoms in total. The quantitative estimate of drug-likeness (QED) is 0.753. The monoisotopic (exact) mass is 285 g/mol. The Morgan fingerprint density at radius 3 is 2.05 bits per heavy atom. The molecule has 2 aromatic rings. The van der Waals surface area contributed by atoms with Gasteiger partial charge < -0.3 is 15.9 Å². The van der Waals surface area contributed by atoms with Gasteiger partial charge in [0.25, 0.3) is 0 Å². The molecular weight excluding hydrogens is 270 g/mol. The summed E-state index contributed by atoms with van der Waals surface area (Å²) in [5.41, 5.74) is 7.80. The summed E-state index contributed by atoms with van der Waals surface area (Å²) in [5, 5.41) is 18.8. The number of aromatic carboxylic acids is 2. The molecule has 0 heterocycles. The molecule has 2 rings (SSSR count). The zero-order valence-electron chi connectivity index (χ0n) is 11.7.